The number of hydrogen-bond acceptors (Lipinski definition) is 6. The van der Waals surface area contributed by atoms with Crippen LogP contribution in [-0.2, 0) is 28.6 Å². The normalized spacial score (nSPS) is 12.4. The van der Waals surface area contributed by atoms with Gasteiger partial charge in [-0.3, -0.25) is 14.4 Å². The highest BCUT2D eigenvalue weighted by molar-refractivity contribution is 5.71. The second kappa shape index (κ2) is 67.6. The maximum Gasteiger partial charge on any atom is 0.306 e. The second-order valence-electron chi connectivity index (χ2n) is 23.4. The molecule has 0 heterocycles. The van der Waals surface area contributed by atoms with Crippen LogP contribution in [0.15, 0.2) is 60.8 Å². The number of carbonyl (C=O) groups is 3. The van der Waals surface area contributed by atoms with Crippen LogP contribution in [0, 0.1) is 0 Å². The van der Waals surface area contributed by atoms with Gasteiger partial charge in [-0.2, -0.15) is 0 Å². The quantitative estimate of drug-likeness (QED) is 0.0261. The van der Waals surface area contributed by atoms with Crippen LogP contribution < -0.4 is 0 Å². The van der Waals surface area contributed by atoms with E-state index in [4.69, 9.17) is 14.2 Å². The molecule has 0 aliphatic rings. The van der Waals surface area contributed by atoms with Crippen molar-refractivity contribution in [3.63, 3.8) is 0 Å². The topological polar surface area (TPSA) is 78.9 Å². The van der Waals surface area contributed by atoms with Crippen molar-refractivity contribution in [2.75, 3.05) is 13.2 Å². The summed E-state index contributed by atoms with van der Waals surface area (Å²) in [4.78, 5) is 38.0. The molecular weight excluding hydrogens is 973 g/mol. The second-order valence-corrected chi connectivity index (χ2v) is 23.4. The van der Waals surface area contributed by atoms with Gasteiger partial charge in [-0.25, -0.2) is 0 Å². The van der Waals surface area contributed by atoms with Crippen molar-refractivity contribution >= 4 is 17.9 Å². The first-order chi connectivity index (χ1) is 39.0. The third-order valence-electron chi connectivity index (χ3n) is 15.5. The van der Waals surface area contributed by atoms with Crippen molar-refractivity contribution in [2.24, 2.45) is 0 Å². The molecule has 1 unspecified atom stereocenters. The minimum absolute atomic E-state index is 0.0758. The highest BCUT2D eigenvalue weighted by Crippen LogP contribution is 2.18. The van der Waals surface area contributed by atoms with Crippen LogP contribution in [0.4, 0.5) is 0 Å². The van der Waals surface area contributed by atoms with Gasteiger partial charge in [-0.15, -0.1) is 0 Å². The summed E-state index contributed by atoms with van der Waals surface area (Å²) in [6.07, 6.45) is 87.5. The zero-order valence-corrected chi connectivity index (χ0v) is 52.9. The van der Waals surface area contributed by atoms with Gasteiger partial charge in [-0.05, 0) is 64.2 Å². The molecule has 0 saturated carbocycles. The Morgan fingerprint density at radius 3 is 0.772 bits per heavy atom. The molecule has 460 valence electrons. The molecule has 0 rings (SSSR count). The summed E-state index contributed by atoms with van der Waals surface area (Å²) in [7, 11) is 0. The average molecular weight is 1110 g/mol. The fraction of sp³-hybridized carbons (Fsp3) is 0.822. The molecule has 79 heavy (non-hydrogen) atoms. The third-order valence-corrected chi connectivity index (χ3v) is 15.5. The van der Waals surface area contributed by atoms with Gasteiger partial charge in [0.15, 0.2) is 6.10 Å². The Morgan fingerprint density at radius 2 is 0.494 bits per heavy atom. The third kappa shape index (κ3) is 65.8. The van der Waals surface area contributed by atoms with Crippen LogP contribution in [0.25, 0.3) is 0 Å². The molecule has 0 aliphatic carbocycles. The van der Waals surface area contributed by atoms with Gasteiger partial charge >= 0.3 is 17.9 Å². The predicted molar refractivity (Wildman–Crippen MR) is 344 cm³/mol. The summed E-state index contributed by atoms with van der Waals surface area (Å²) >= 11 is 0. The Morgan fingerprint density at radius 1 is 0.266 bits per heavy atom. The summed E-state index contributed by atoms with van der Waals surface area (Å²) in [5.74, 6) is -0.884. The molecule has 0 aromatic rings. The molecule has 0 bridgehead atoms. The van der Waals surface area contributed by atoms with E-state index in [1.165, 1.54) is 225 Å². The van der Waals surface area contributed by atoms with E-state index < -0.39 is 6.10 Å². The van der Waals surface area contributed by atoms with Gasteiger partial charge in [0.25, 0.3) is 0 Å². The number of rotatable bonds is 64. The lowest BCUT2D eigenvalue weighted by molar-refractivity contribution is -0.167. The molecule has 0 radical (unpaired) electrons. The summed E-state index contributed by atoms with van der Waals surface area (Å²) in [5.41, 5.74) is 0. The molecule has 0 aromatic heterocycles. The van der Waals surface area contributed by atoms with Crippen molar-refractivity contribution in [3.8, 4) is 0 Å². The van der Waals surface area contributed by atoms with Crippen LogP contribution in [0.3, 0.4) is 0 Å². The molecule has 0 aliphatic heterocycles. The first kappa shape index (κ1) is 76.1. The Bertz CT molecular complexity index is 1410. The Balaban J connectivity index is 3.93. The SMILES string of the molecule is CC/C=C\C/C=C\C/C=C\C/C=C\C/C=C\CCCCCCCCCC(=O)OC(COC(=O)CCCCCCC)COC(=O)CCCCCCCCCCCCCCCCCCCCCCCCCCCCCCCCCCC. The lowest BCUT2D eigenvalue weighted by atomic mass is 10.0. The fourth-order valence-electron chi connectivity index (χ4n) is 10.4. The first-order valence-corrected chi connectivity index (χ1v) is 34.8. The van der Waals surface area contributed by atoms with Crippen molar-refractivity contribution < 1.29 is 28.6 Å². The molecular formula is C73H132O6. The van der Waals surface area contributed by atoms with Crippen LogP contribution in [0.1, 0.15) is 367 Å². The van der Waals surface area contributed by atoms with E-state index in [0.29, 0.717) is 19.3 Å². The number of unbranched alkanes of at least 4 members (excludes halogenated alkanes) is 43. The number of allylic oxidation sites excluding steroid dienone is 10. The smallest absolute Gasteiger partial charge is 0.306 e. The fourth-order valence-corrected chi connectivity index (χ4v) is 10.4. The average Bonchev–Trinajstić information content (AvgIpc) is 3.45. The van der Waals surface area contributed by atoms with Crippen LogP contribution in [-0.4, -0.2) is 37.2 Å². The van der Waals surface area contributed by atoms with Crippen molar-refractivity contribution in [1.82, 2.24) is 0 Å². The molecule has 0 spiro atoms. The van der Waals surface area contributed by atoms with Gasteiger partial charge < -0.3 is 14.2 Å². The maximum absolute atomic E-state index is 12.8. The molecule has 0 N–H and O–H groups in total. The van der Waals surface area contributed by atoms with Gasteiger partial charge in [0.2, 0.25) is 0 Å². The maximum atomic E-state index is 12.8. The Kier molecular flexibility index (Phi) is 65.1. The van der Waals surface area contributed by atoms with E-state index in [9.17, 15) is 14.4 Å². The lowest BCUT2D eigenvalue weighted by Crippen LogP contribution is -2.30. The minimum Gasteiger partial charge on any atom is -0.462 e. The van der Waals surface area contributed by atoms with Gasteiger partial charge in [0.1, 0.15) is 13.2 Å². The molecule has 0 amide bonds. The number of esters is 3. The molecule has 6 nitrogen and oxygen atoms in total. The molecule has 1 atom stereocenters. The van der Waals surface area contributed by atoms with Gasteiger partial charge in [0.05, 0.1) is 0 Å². The molecule has 6 heteroatoms. The summed E-state index contributed by atoms with van der Waals surface area (Å²) in [6.45, 7) is 6.48. The molecule has 0 fully saturated rings. The first-order valence-electron chi connectivity index (χ1n) is 34.8. The zero-order valence-electron chi connectivity index (χ0n) is 52.9. The Hall–Kier alpha value is -2.89. The largest absolute Gasteiger partial charge is 0.462 e. The lowest BCUT2D eigenvalue weighted by Gasteiger charge is -2.18. The standard InChI is InChI=1S/C73H132O6/c1-4-7-10-13-15-17-19-21-23-25-27-29-31-32-33-34-35-36-37-38-39-40-42-43-45-47-49-51-53-55-57-60-63-66-72(75)78-69-70(68-77-71(74)65-62-59-12-9-6-3)79-73(76)67-64-61-58-56-54-52-50-48-46-44-41-30-28-26-24-22-20-18-16-14-11-8-5-2/h8,11,16,18,22,24,28,30,44,46,70H,4-7,9-10,12-15,17,19-21,23,25-27,29,31-43,45,47-69H2,1-3H3/b11-8-,18-16-,24-22-,30-28-,46-44-. The minimum atomic E-state index is -0.776. The summed E-state index contributed by atoms with van der Waals surface area (Å²) < 4.78 is 16.8. The van der Waals surface area contributed by atoms with Crippen LogP contribution in [0.2, 0.25) is 0 Å². The summed E-state index contributed by atoms with van der Waals surface area (Å²) in [6, 6.07) is 0. The number of ether oxygens (including phenoxy) is 3. The van der Waals surface area contributed by atoms with Gasteiger partial charge in [0, 0.05) is 19.3 Å². The summed E-state index contributed by atoms with van der Waals surface area (Å²) in [5, 5.41) is 0. The van der Waals surface area contributed by atoms with E-state index in [1.54, 1.807) is 0 Å². The number of carbonyl (C=O) groups excluding carboxylic acids is 3. The predicted octanol–water partition coefficient (Wildman–Crippen LogP) is 23.9. The van der Waals surface area contributed by atoms with E-state index >= 15 is 0 Å². The van der Waals surface area contributed by atoms with Crippen molar-refractivity contribution in [2.45, 2.75) is 374 Å². The van der Waals surface area contributed by atoms with E-state index in [1.807, 2.05) is 0 Å². The van der Waals surface area contributed by atoms with Crippen molar-refractivity contribution in [3.05, 3.63) is 60.8 Å². The highest BCUT2D eigenvalue weighted by atomic mass is 16.6. The molecule has 0 aromatic carbocycles. The monoisotopic (exact) mass is 1110 g/mol. The van der Waals surface area contributed by atoms with Gasteiger partial charge in [-0.1, -0.05) is 345 Å². The van der Waals surface area contributed by atoms with Crippen LogP contribution >= 0.6 is 0 Å². The zero-order chi connectivity index (χ0) is 57.1. The highest BCUT2D eigenvalue weighted by Gasteiger charge is 2.19. The molecule has 0 saturated heterocycles. The number of hydrogen-bond donors (Lipinski definition) is 0. The van der Waals surface area contributed by atoms with Crippen LogP contribution in [0.5, 0.6) is 0 Å². The van der Waals surface area contributed by atoms with E-state index in [0.717, 1.165) is 103 Å². The Labute approximate surface area is 491 Å². The van der Waals surface area contributed by atoms with Crippen molar-refractivity contribution in [1.29, 1.82) is 0 Å². The van der Waals surface area contributed by atoms with E-state index in [-0.39, 0.29) is 31.1 Å². The van der Waals surface area contributed by atoms with E-state index in [2.05, 4.69) is 81.5 Å².